The maximum absolute atomic E-state index is 12.7. The van der Waals surface area contributed by atoms with Gasteiger partial charge < -0.3 is 19.8 Å². The average molecular weight is 423 g/mol. The summed E-state index contributed by atoms with van der Waals surface area (Å²) in [5.41, 5.74) is 4.04. The van der Waals surface area contributed by atoms with E-state index in [1.807, 2.05) is 6.07 Å². The van der Waals surface area contributed by atoms with E-state index in [9.17, 15) is 4.79 Å². The lowest BCUT2D eigenvalue weighted by Gasteiger charge is -2.50. The lowest BCUT2D eigenvalue weighted by Crippen LogP contribution is -2.45. The third-order valence-electron chi connectivity index (χ3n) is 8.23. The number of esters is 1. The Balaban J connectivity index is 1.20. The zero-order valence-electron chi connectivity index (χ0n) is 18.7. The Hall–Kier alpha value is -2.27. The van der Waals surface area contributed by atoms with Crippen LogP contribution in [0, 0.1) is 23.2 Å². The van der Waals surface area contributed by atoms with E-state index in [0.717, 1.165) is 43.5 Å². The quantitative estimate of drug-likeness (QED) is 0.405. The molecule has 2 saturated carbocycles. The van der Waals surface area contributed by atoms with Crippen molar-refractivity contribution in [2.75, 3.05) is 20.2 Å². The highest BCUT2D eigenvalue weighted by molar-refractivity contribution is 5.84. The molecule has 2 N–H and O–H groups in total. The van der Waals surface area contributed by atoms with E-state index in [1.165, 1.54) is 29.4 Å². The zero-order chi connectivity index (χ0) is 21.6. The number of H-pyrrole nitrogens is 1. The van der Waals surface area contributed by atoms with Gasteiger partial charge in [0, 0.05) is 29.6 Å². The van der Waals surface area contributed by atoms with Gasteiger partial charge in [0.1, 0.15) is 11.9 Å². The summed E-state index contributed by atoms with van der Waals surface area (Å²) in [7, 11) is 1.69. The second-order valence-corrected chi connectivity index (χ2v) is 10.1. The number of aromatic amines is 1. The Bertz CT molecular complexity index is 996. The van der Waals surface area contributed by atoms with Crippen molar-refractivity contribution < 1.29 is 14.3 Å². The van der Waals surface area contributed by atoms with Crippen LogP contribution in [-0.2, 0) is 16.0 Å². The molecule has 0 radical (unpaired) electrons. The van der Waals surface area contributed by atoms with Crippen LogP contribution in [0.1, 0.15) is 44.6 Å². The fourth-order valence-electron chi connectivity index (χ4n) is 6.46. The second-order valence-electron chi connectivity index (χ2n) is 10.1. The van der Waals surface area contributed by atoms with Crippen LogP contribution in [0.3, 0.4) is 0 Å². The van der Waals surface area contributed by atoms with Gasteiger partial charge in [0.25, 0.3) is 0 Å². The molecule has 2 aliphatic carbocycles. The van der Waals surface area contributed by atoms with Crippen LogP contribution in [0.4, 0.5) is 0 Å². The van der Waals surface area contributed by atoms with Crippen molar-refractivity contribution >= 4 is 16.9 Å². The van der Waals surface area contributed by atoms with Gasteiger partial charge >= 0.3 is 5.97 Å². The molecule has 5 atom stereocenters. The largest absolute Gasteiger partial charge is 0.497 e. The number of benzene rings is 1. The molecule has 3 aliphatic rings. The lowest BCUT2D eigenvalue weighted by atomic mass is 9.55. The number of hydrogen-bond acceptors (Lipinski definition) is 4. The van der Waals surface area contributed by atoms with Crippen molar-refractivity contribution in [1.82, 2.24) is 10.3 Å². The Morgan fingerprint density at radius 1 is 1.39 bits per heavy atom. The number of carbonyl (C=O) groups is 1. The third kappa shape index (κ3) is 3.67. The highest BCUT2D eigenvalue weighted by Crippen LogP contribution is 2.56. The molecule has 0 unspecified atom stereocenters. The van der Waals surface area contributed by atoms with Gasteiger partial charge in [-0.15, -0.1) is 0 Å². The van der Waals surface area contributed by atoms with E-state index in [1.54, 1.807) is 7.11 Å². The third-order valence-corrected chi connectivity index (χ3v) is 8.23. The number of fused-ring (bicyclic) bond motifs is 3. The van der Waals surface area contributed by atoms with Crippen LogP contribution >= 0.6 is 0 Å². The van der Waals surface area contributed by atoms with Gasteiger partial charge in [0.2, 0.25) is 0 Å². The van der Waals surface area contributed by atoms with Crippen LogP contribution in [-0.4, -0.2) is 37.3 Å². The van der Waals surface area contributed by atoms with Crippen LogP contribution in [0.15, 0.2) is 36.5 Å². The van der Waals surface area contributed by atoms with Gasteiger partial charge in [-0.3, -0.25) is 4.79 Å². The second kappa shape index (κ2) is 8.01. The molecule has 2 heterocycles. The Kier molecular flexibility index (Phi) is 5.33. The molecule has 5 nitrogen and oxygen atoms in total. The Labute approximate surface area is 184 Å². The molecule has 0 spiro atoms. The van der Waals surface area contributed by atoms with Gasteiger partial charge in [-0.25, -0.2) is 0 Å². The Morgan fingerprint density at radius 3 is 3.10 bits per heavy atom. The van der Waals surface area contributed by atoms with E-state index in [-0.39, 0.29) is 23.4 Å². The predicted octanol–water partition coefficient (Wildman–Crippen LogP) is 4.62. The predicted molar refractivity (Wildman–Crippen MR) is 122 cm³/mol. The number of methoxy groups -OCH3 is 1. The molecule has 1 aromatic carbocycles. The fourth-order valence-corrected chi connectivity index (χ4v) is 6.46. The maximum Gasteiger partial charge on any atom is 0.310 e. The van der Waals surface area contributed by atoms with E-state index in [0.29, 0.717) is 18.4 Å². The molecule has 31 heavy (non-hydrogen) atoms. The van der Waals surface area contributed by atoms with Crippen molar-refractivity contribution in [3.8, 4) is 5.75 Å². The van der Waals surface area contributed by atoms with E-state index in [2.05, 4.69) is 42.1 Å². The number of carbonyl (C=O) groups excluding carboxylic acids is 1. The molecule has 2 aromatic rings. The highest BCUT2D eigenvalue weighted by Gasteiger charge is 2.54. The first-order valence-electron chi connectivity index (χ1n) is 11.7. The van der Waals surface area contributed by atoms with Crippen LogP contribution in [0.25, 0.3) is 10.9 Å². The molecule has 0 bridgehead atoms. The summed E-state index contributed by atoms with van der Waals surface area (Å²) in [5, 5.41) is 4.74. The van der Waals surface area contributed by atoms with Crippen molar-refractivity contribution in [2.24, 2.45) is 23.2 Å². The minimum atomic E-state index is -0.0349. The Morgan fingerprint density at radius 2 is 2.26 bits per heavy atom. The zero-order valence-corrected chi connectivity index (χ0v) is 18.7. The van der Waals surface area contributed by atoms with Crippen molar-refractivity contribution in [3.63, 3.8) is 0 Å². The molecule has 3 fully saturated rings. The van der Waals surface area contributed by atoms with Gasteiger partial charge in [-0.1, -0.05) is 19.1 Å². The molecule has 5 rings (SSSR count). The number of nitrogens with one attached hydrogen (secondary N) is 2. The van der Waals surface area contributed by atoms with E-state index >= 15 is 0 Å². The SMILES string of the molecule is C=C1CCC[C@]2(C)C[C@H]3OC(=O)[C@@H](CNCCc4c[nH]c5ccc(OC)cc45)[C@H]3C[C@H]12. The molecule has 166 valence electrons. The van der Waals surface area contributed by atoms with E-state index < -0.39 is 0 Å². The fraction of sp³-hybridized carbons (Fsp3) is 0.577. The number of hydrogen-bond donors (Lipinski definition) is 2. The van der Waals surface area contributed by atoms with Crippen LogP contribution < -0.4 is 10.1 Å². The van der Waals surface area contributed by atoms with Gasteiger partial charge in [-0.05, 0) is 80.2 Å². The molecule has 1 aromatic heterocycles. The first kappa shape index (κ1) is 20.6. The number of allylic oxidation sites excluding steroid dienone is 1. The minimum Gasteiger partial charge on any atom is -0.497 e. The smallest absolute Gasteiger partial charge is 0.310 e. The van der Waals surface area contributed by atoms with Crippen LogP contribution in [0.2, 0.25) is 0 Å². The monoisotopic (exact) mass is 422 g/mol. The summed E-state index contributed by atoms with van der Waals surface area (Å²) in [5.74, 6) is 1.69. The molecule has 5 heteroatoms. The van der Waals surface area contributed by atoms with Crippen LogP contribution in [0.5, 0.6) is 5.75 Å². The summed E-state index contributed by atoms with van der Waals surface area (Å²) in [4.78, 5) is 16.0. The first-order chi connectivity index (χ1) is 15.0. The summed E-state index contributed by atoms with van der Waals surface area (Å²) in [6, 6.07) is 6.10. The molecular formula is C26H34N2O3. The number of rotatable bonds is 6. The average Bonchev–Trinajstić information content (AvgIpc) is 3.29. The minimum absolute atomic E-state index is 0.00723. The maximum atomic E-state index is 12.7. The molecule has 0 amide bonds. The molecule has 1 aliphatic heterocycles. The van der Waals surface area contributed by atoms with Crippen molar-refractivity contribution in [1.29, 1.82) is 0 Å². The summed E-state index contributed by atoms with van der Waals surface area (Å²) in [6.45, 7) is 8.30. The normalized spacial score (nSPS) is 32.6. The summed E-state index contributed by atoms with van der Waals surface area (Å²) in [6.07, 6.45) is 8.72. The summed E-state index contributed by atoms with van der Waals surface area (Å²) >= 11 is 0. The number of aromatic nitrogens is 1. The van der Waals surface area contributed by atoms with Crippen molar-refractivity contribution in [2.45, 2.75) is 51.6 Å². The topological polar surface area (TPSA) is 63.3 Å². The summed E-state index contributed by atoms with van der Waals surface area (Å²) < 4.78 is 11.3. The first-order valence-corrected chi connectivity index (χ1v) is 11.7. The highest BCUT2D eigenvalue weighted by atomic mass is 16.6. The molecular weight excluding hydrogens is 388 g/mol. The van der Waals surface area contributed by atoms with Gasteiger partial charge in [-0.2, -0.15) is 0 Å². The van der Waals surface area contributed by atoms with Crippen molar-refractivity contribution in [3.05, 3.63) is 42.1 Å². The van der Waals surface area contributed by atoms with E-state index in [4.69, 9.17) is 9.47 Å². The standard InChI is InChI=1S/C26H34N2O3/c1-16-5-4-9-26(2)13-24-20(12-22(16)26)21(25(29)31-24)15-27-10-8-17-14-28-23-7-6-18(30-3)11-19(17)23/h6-7,11,14,20-22,24,27-28H,1,4-5,8-10,12-13,15H2,2-3H3/t20-,21+,22-,24-,26-/m1/s1. The van der Waals surface area contributed by atoms with Gasteiger partial charge in [0.15, 0.2) is 0 Å². The lowest BCUT2D eigenvalue weighted by molar-refractivity contribution is -0.146. The number of ether oxygens (including phenoxy) is 2. The molecule has 1 saturated heterocycles. The van der Waals surface area contributed by atoms with Gasteiger partial charge in [0.05, 0.1) is 13.0 Å².